The summed E-state index contributed by atoms with van der Waals surface area (Å²) in [4.78, 5) is 12.9. The Morgan fingerprint density at radius 2 is 1.83 bits per heavy atom. The fourth-order valence-corrected chi connectivity index (χ4v) is 5.78. The van der Waals surface area contributed by atoms with Crippen LogP contribution in [0, 0.1) is 24.7 Å². The van der Waals surface area contributed by atoms with Gasteiger partial charge in [-0.3, -0.25) is 4.79 Å². The molecule has 4 bridgehead atoms. The normalized spacial score (nSPS) is 34.8. The molecule has 1 N–H and O–H groups in total. The molecule has 1 aromatic carbocycles. The van der Waals surface area contributed by atoms with Crippen molar-refractivity contribution in [1.29, 1.82) is 0 Å². The number of nitrogens with one attached hydrogen (secondary N) is 1. The average Bonchev–Trinajstić information content (AvgIpc) is 2.50. The molecule has 4 saturated carbocycles. The van der Waals surface area contributed by atoms with Gasteiger partial charge in [0, 0.05) is 5.54 Å². The van der Waals surface area contributed by atoms with Crippen LogP contribution in [0.2, 0.25) is 0 Å². The second-order valence-electron chi connectivity index (χ2n) is 8.52. The zero-order chi connectivity index (χ0) is 16.7. The molecule has 4 fully saturated rings. The predicted octanol–water partition coefficient (Wildman–Crippen LogP) is 4.24. The lowest BCUT2D eigenvalue weighted by Gasteiger charge is -2.57. The summed E-state index contributed by atoms with van der Waals surface area (Å²) in [5.41, 5.74) is 1.22. The van der Waals surface area contributed by atoms with Crippen molar-refractivity contribution in [1.82, 2.24) is 5.32 Å². The van der Waals surface area contributed by atoms with Crippen molar-refractivity contribution in [2.24, 2.45) is 17.8 Å². The van der Waals surface area contributed by atoms with Crippen LogP contribution in [0.4, 0.5) is 0 Å². The number of carbonyl (C=O) groups excluding carboxylic acids is 1. The molecule has 5 rings (SSSR count). The molecule has 4 aliphatic carbocycles. The quantitative estimate of drug-likeness (QED) is 0.878. The molecule has 0 aromatic heterocycles. The van der Waals surface area contributed by atoms with E-state index in [1.807, 2.05) is 38.1 Å². The van der Waals surface area contributed by atoms with Gasteiger partial charge in [0.05, 0.1) is 0 Å². The van der Waals surface area contributed by atoms with Gasteiger partial charge in [-0.05, 0) is 87.3 Å². The average molecular weight is 327 g/mol. The van der Waals surface area contributed by atoms with Crippen LogP contribution in [-0.4, -0.2) is 17.6 Å². The van der Waals surface area contributed by atoms with Crippen molar-refractivity contribution in [2.45, 2.75) is 70.4 Å². The first kappa shape index (κ1) is 16.0. The fraction of sp³-hybridized carbons (Fsp3) is 0.667. The third-order valence-electron chi connectivity index (χ3n) is 6.36. The summed E-state index contributed by atoms with van der Waals surface area (Å²) >= 11 is 0. The number of aryl methyl sites for hydroxylation is 1. The first-order valence-corrected chi connectivity index (χ1v) is 9.60. The molecule has 0 spiro atoms. The lowest BCUT2D eigenvalue weighted by molar-refractivity contribution is -0.134. The number of hydrogen-bond donors (Lipinski definition) is 1. The van der Waals surface area contributed by atoms with Gasteiger partial charge in [-0.1, -0.05) is 19.1 Å². The van der Waals surface area contributed by atoms with Gasteiger partial charge in [-0.15, -0.1) is 0 Å². The lowest BCUT2D eigenvalue weighted by Crippen LogP contribution is -2.61. The van der Waals surface area contributed by atoms with E-state index in [0.29, 0.717) is 6.42 Å². The Kier molecular flexibility index (Phi) is 4.06. The van der Waals surface area contributed by atoms with Crippen LogP contribution in [0.15, 0.2) is 24.3 Å². The molecule has 0 radical (unpaired) electrons. The van der Waals surface area contributed by atoms with Gasteiger partial charge in [0.25, 0.3) is 5.91 Å². The van der Waals surface area contributed by atoms with Gasteiger partial charge in [0.15, 0.2) is 6.10 Å². The number of benzene rings is 1. The molecule has 1 aromatic rings. The number of hydrogen-bond acceptors (Lipinski definition) is 2. The molecule has 0 heterocycles. The van der Waals surface area contributed by atoms with E-state index >= 15 is 0 Å². The van der Waals surface area contributed by atoms with Crippen molar-refractivity contribution in [2.75, 3.05) is 0 Å². The highest BCUT2D eigenvalue weighted by Crippen LogP contribution is 2.55. The number of ether oxygens (including phenoxy) is 1. The van der Waals surface area contributed by atoms with E-state index in [2.05, 4.69) is 5.32 Å². The number of amides is 1. The van der Waals surface area contributed by atoms with Crippen LogP contribution in [0.3, 0.4) is 0 Å². The maximum Gasteiger partial charge on any atom is 0.261 e. The monoisotopic (exact) mass is 327 g/mol. The Balaban J connectivity index is 1.44. The van der Waals surface area contributed by atoms with E-state index in [1.54, 1.807) is 0 Å². The molecule has 4 aliphatic rings. The number of rotatable bonds is 5. The maximum absolute atomic E-state index is 12.9. The second-order valence-corrected chi connectivity index (χ2v) is 8.52. The first-order chi connectivity index (χ1) is 11.5. The van der Waals surface area contributed by atoms with Gasteiger partial charge in [-0.2, -0.15) is 0 Å². The Hall–Kier alpha value is -1.51. The van der Waals surface area contributed by atoms with Crippen LogP contribution in [0.1, 0.15) is 57.4 Å². The summed E-state index contributed by atoms with van der Waals surface area (Å²) < 4.78 is 6.01. The van der Waals surface area contributed by atoms with Crippen molar-refractivity contribution in [3.05, 3.63) is 29.8 Å². The summed E-state index contributed by atoms with van der Waals surface area (Å²) in [5.74, 6) is 3.40. The summed E-state index contributed by atoms with van der Waals surface area (Å²) in [6.45, 7) is 4.07. The summed E-state index contributed by atoms with van der Waals surface area (Å²) in [6, 6.07) is 7.96. The van der Waals surface area contributed by atoms with Gasteiger partial charge < -0.3 is 10.1 Å². The third-order valence-corrected chi connectivity index (χ3v) is 6.36. The van der Waals surface area contributed by atoms with Crippen molar-refractivity contribution < 1.29 is 9.53 Å². The summed E-state index contributed by atoms with van der Waals surface area (Å²) in [7, 11) is 0. The minimum Gasteiger partial charge on any atom is -0.481 e. The SMILES string of the molecule is CC[C@@H](Oc1cccc(C)c1)C(=O)NC12CC3CC(CC(C3)C1)C2. The van der Waals surface area contributed by atoms with Crippen LogP contribution in [0.5, 0.6) is 5.75 Å². The fourth-order valence-electron chi connectivity index (χ4n) is 5.78. The summed E-state index contributed by atoms with van der Waals surface area (Å²) in [5, 5.41) is 3.45. The number of carbonyl (C=O) groups is 1. The Morgan fingerprint density at radius 1 is 1.21 bits per heavy atom. The van der Waals surface area contributed by atoms with Gasteiger partial charge >= 0.3 is 0 Å². The maximum atomic E-state index is 12.9. The minimum absolute atomic E-state index is 0.0647. The Labute approximate surface area is 145 Å². The highest BCUT2D eigenvalue weighted by atomic mass is 16.5. The van der Waals surface area contributed by atoms with Crippen LogP contribution in [0.25, 0.3) is 0 Å². The van der Waals surface area contributed by atoms with Crippen molar-refractivity contribution in [3.8, 4) is 5.75 Å². The standard InChI is InChI=1S/C21H29NO2/c1-3-19(24-18-6-4-5-14(2)7-18)20(23)22-21-11-15-8-16(12-21)10-17(9-15)13-21/h4-7,15-17,19H,3,8-13H2,1-2H3,(H,22,23)/t15?,16?,17?,19-,21?/m1/s1. The Morgan fingerprint density at radius 3 is 2.38 bits per heavy atom. The topological polar surface area (TPSA) is 38.3 Å². The molecule has 0 unspecified atom stereocenters. The molecule has 3 nitrogen and oxygen atoms in total. The predicted molar refractivity (Wildman–Crippen MR) is 94.9 cm³/mol. The molecule has 3 heteroatoms. The third kappa shape index (κ3) is 3.05. The highest BCUT2D eigenvalue weighted by molar-refractivity contribution is 5.82. The Bertz CT molecular complexity index is 589. The van der Waals surface area contributed by atoms with Crippen molar-refractivity contribution in [3.63, 3.8) is 0 Å². The van der Waals surface area contributed by atoms with Gasteiger partial charge in [0.2, 0.25) is 0 Å². The molecular formula is C21H29NO2. The molecule has 1 amide bonds. The molecule has 24 heavy (non-hydrogen) atoms. The summed E-state index contributed by atoms with van der Waals surface area (Å²) in [6.07, 6.45) is 8.05. The van der Waals surface area contributed by atoms with E-state index in [-0.39, 0.29) is 17.6 Å². The molecule has 130 valence electrons. The van der Waals surface area contributed by atoms with E-state index < -0.39 is 0 Å². The first-order valence-electron chi connectivity index (χ1n) is 9.60. The zero-order valence-corrected chi connectivity index (χ0v) is 14.9. The van der Waals surface area contributed by atoms with Crippen LogP contribution < -0.4 is 10.1 Å². The van der Waals surface area contributed by atoms with Gasteiger partial charge in [0.1, 0.15) is 5.75 Å². The zero-order valence-electron chi connectivity index (χ0n) is 14.9. The highest BCUT2D eigenvalue weighted by Gasteiger charge is 2.51. The van der Waals surface area contributed by atoms with E-state index in [0.717, 1.165) is 29.1 Å². The van der Waals surface area contributed by atoms with Crippen molar-refractivity contribution >= 4 is 5.91 Å². The molecule has 0 saturated heterocycles. The van der Waals surface area contributed by atoms with Gasteiger partial charge in [-0.25, -0.2) is 0 Å². The van der Waals surface area contributed by atoms with E-state index in [1.165, 1.54) is 38.5 Å². The largest absolute Gasteiger partial charge is 0.481 e. The van der Waals surface area contributed by atoms with E-state index in [4.69, 9.17) is 4.74 Å². The molecule has 1 atom stereocenters. The molecular weight excluding hydrogens is 298 g/mol. The van der Waals surface area contributed by atoms with Crippen LogP contribution in [-0.2, 0) is 4.79 Å². The minimum atomic E-state index is -0.389. The van der Waals surface area contributed by atoms with Crippen LogP contribution >= 0.6 is 0 Å². The molecule has 0 aliphatic heterocycles. The smallest absolute Gasteiger partial charge is 0.261 e. The van der Waals surface area contributed by atoms with E-state index in [9.17, 15) is 4.79 Å². The second kappa shape index (κ2) is 6.09. The lowest BCUT2D eigenvalue weighted by atomic mass is 9.53.